The molecule has 1 aliphatic rings. The summed E-state index contributed by atoms with van der Waals surface area (Å²) in [5, 5.41) is 3.02. The Morgan fingerprint density at radius 3 is 2.95 bits per heavy atom. The summed E-state index contributed by atoms with van der Waals surface area (Å²) in [5.41, 5.74) is 0.829. The predicted molar refractivity (Wildman–Crippen MR) is 77.7 cm³/mol. The molecule has 106 valence electrons. The van der Waals surface area contributed by atoms with Gasteiger partial charge in [0.25, 0.3) is 0 Å². The number of ether oxygens (including phenoxy) is 1. The molecule has 0 aromatic carbocycles. The molecule has 0 bridgehead atoms. The summed E-state index contributed by atoms with van der Waals surface area (Å²) in [6, 6.07) is 0. The zero-order chi connectivity index (χ0) is 13.7. The van der Waals surface area contributed by atoms with E-state index in [1.54, 1.807) is 11.3 Å². The van der Waals surface area contributed by atoms with E-state index in [9.17, 15) is 4.79 Å². The van der Waals surface area contributed by atoms with Gasteiger partial charge in [-0.05, 0) is 32.1 Å². The third-order valence-corrected chi connectivity index (χ3v) is 4.06. The predicted octanol–water partition coefficient (Wildman–Crippen LogP) is 2.88. The van der Waals surface area contributed by atoms with Gasteiger partial charge in [0.1, 0.15) is 0 Å². The Bertz CT molecular complexity index is 415. The molecule has 1 aliphatic carbocycles. The molecular formula is C14H22N2O2S. The average molecular weight is 282 g/mol. The van der Waals surface area contributed by atoms with Gasteiger partial charge in [0, 0.05) is 18.5 Å². The fourth-order valence-corrected chi connectivity index (χ4v) is 2.89. The SMILES string of the molecule is CCCN(CC1CC1)c1nc(CC(=O)OCC)cs1. The number of carbonyl (C=O) groups excluding carboxylic acids is 1. The largest absolute Gasteiger partial charge is 0.466 e. The molecule has 1 saturated carbocycles. The third kappa shape index (κ3) is 4.49. The van der Waals surface area contributed by atoms with Gasteiger partial charge in [-0.3, -0.25) is 4.79 Å². The Labute approximate surface area is 118 Å². The molecule has 0 N–H and O–H groups in total. The van der Waals surface area contributed by atoms with Gasteiger partial charge in [0.05, 0.1) is 18.7 Å². The first-order valence-corrected chi connectivity index (χ1v) is 7.95. The molecule has 1 aromatic heterocycles. The van der Waals surface area contributed by atoms with Crippen molar-refractivity contribution in [3.8, 4) is 0 Å². The van der Waals surface area contributed by atoms with Crippen LogP contribution in [0.2, 0.25) is 0 Å². The highest BCUT2D eigenvalue weighted by Crippen LogP contribution is 2.32. The smallest absolute Gasteiger partial charge is 0.311 e. The van der Waals surface area contributed by atoms with Crippen LogP contribution >= 0.6 is 11.3 Å². The van der Waals surface area contributed by atoms with Gasteiger partial charge in [0.2, 0.25) is 0 Å². The third-order valence-electron chi connectivity index (χ3n) is 3.11. The highest BCUT2D eigenvalue weighted by molar-refractivity contribution is 7.13. The van der Waals surface area contributed by atoms with Crippen molar-refractivity contribution < 1.29 is 9.53 Å². The maximum Gasteiger partial charge on any atom is 0.311 e. The number of thiazole rings is 1. The van der Waals surface area contributed by atoms with Crippen LogP contribution in [0.15, 0.2) is 5.38 Å². The lowest BCUT2D eigenvalue weighted by Crippen LogP contribution is -2.26. The molecule has 0 radical (unpaired) electrons. The van der Waals surface area contributed by atoms with Gasteiger partial charge >= 0.3 is 5.97 Å². The minimum Gasteiger partial charge on any atom is -0.466 e. The second kappa shape index (κ2) is 6.89. The monoisotopic (exact) mass is 282 g/mol. The van der Waals surface area contributed by atoms with Crippen molar-refractivity contribution in [3.05, 3.63) is 11.1 Å². The van der Waals surface area contributed by atoms with E-state index in [0.717, 1.165) is 36.3 Å². The van der Waals surface area contributed by atoms with Crippen LogP contribution in [0.4, 0.5) is 5.13 Å². The normalized spacial score (nSPS) is 14.4. The highest BCUT2D eigenvalue weighted by Gasteiger charge is 2.25. The zero-order valence-electron chi connectivity index (χ0n) is 11.7. The average Bonchev–Trinajstić information content (AvgIpc) is 3.07. The number of nitrogens with zero attached hydrogens (tertiary/aromatic N) is 2. The lowest BCUT2D eigenvalue weighted by molar-refractivity contribution is -0.142. The van der Waals surface area contributed by atoms with Crippen molar-refractivity contribution in [1.82, 2.24) is 4.98 Å². The van der Waals surface area contributed by atoms with Crippen LogP contribution in [0.25, 0.3) is 0 Å². The number of hydrogen-bond acceptors (Lipinski definition) is 5. The van der Waals surface area contributed by atoms with Crippen LogP contribution in [0.5, 0.6) is 0 Å². The van der Waals surface area contributed by atoms with Gasteiger partial charge in [-0.25, -0.2) is 4.98 Å². The minimum absolute atomic E-state index is 0.191. The van der Waals surface area contributed by atoms with Crippen LogP contribution in [0.3, 0.4) is 0 Å². The summed E-state index contributed by atoms with van der Waals surface area (Å²) in [6.07, 6.45) is 4.11. The summed E-state index contributed by atoms with van der Waals surface area (Å²) in [4.78, 5) is 18.4. The van der Waals surface area contributed by atoms with Crippen molar-refractivity contribution in [1.29, 1.82) is 0 Å². The first-order valence-electron chi connectivity index (χ1n) is 7.07. The van der Waals surface area contributed by atoms with Crippen molar-refractivity contribution >= 4 is 22.4 Å². The maximum absolute atomic E-state index is 11.4. The van der Waals surface area contributed by atoms with E-state index < -0.39 is 0 Å². The second-order valence-electron chi connectivity index (χ2n) is 4.99. The van der Waals surface area contributed by atoms with E-state index in [0.29, 0.717) is 6.61 Å². The van der Waals surface area contributed by atoms with Crippen molar-refractivity contribution in [2.75, 3.05) is 24.6 Å². The second-order valence-corrected chi connectivity index (χ2v) is 5.83. The quantitative estimate of drug-likeness (QED) is 0.688. The van der Waals surface area contributed by atoms with Gasteiger partial charge in [-0.1, -0.05) is 6.92 Å². The molecule has 5 heteroatoms. The van der Waals surface area contributed by atoms with Crippen LogP contribution in [0.1, 0.15) is 38.8 Å². The lowest BCUT2D eigenvalue weighted by atomic mass is 10.3. The highest BCUT2D eigenvalue weighted by atomic mass is 32.1. The fraction of sp³-hybridized carbons (Fsp3) is 0.714. The number of anilines is 1. The van der Waals surface area contributed by atoms with Crippen molar-refractivity contribution in [2.24, 2.45) is 5.92 Å². The van der Waals surface area contributed by atoms with Crippen LogP contribution < -0.4 is 4.90 Å². The van der Waals surface area contributed by atoms with Gasteiger partial charge in [0.15, 0.2) is 5.13 Å². The van der Waals surface area contributed by atoms with Gasteiger partial charge < -0.3 is 9.64 Å². The van der Waals surface area contributed by atoms with E-state index in [-0.39, 0.29) is 12.4 Å². The number of esters is 1. The molecule has 0 aliphatic heterocycles. The van der Waals surface area contributed by atoms with Crippen LogP contribution in [0, 0.1) is 5.92 Å². The Balaban J connectivity index is 1.94. The minimum atomic E-state index is -0.191. The maximum atomic E-state index is 11.4. The molecule has 0 atom stereocenters. The first-order chi connectivity index (χ1) is 9.22. The lowest BCUT2D eigenvalue weighted by Gasteiger charge is -2.20. The van der Waals surface area contributed by atoms with E-state index in [1.165, 1.54) is 12.8 Å². The summed E-state index contributed by atoms with van der Waals surface area (Å²) >= 11 is 1.63. The molecule has 0 spiro atoms. The van der Waals surface area contributed by atoms with Gasteiger partial charge in [-0.15, -0.1) is 11.3 Å². The standard InChI is InChI=1S/C14H22N2O2S/c1-3-7-16(9-11-5-6-11)14-15-12(10-19-14)8-13(17)18-4-2/h10-11H,3-9H2,1-2H3. The molecule has 1 fully saturated rings. The zero-order valence-corrected chi connectivity index (χ0v) is 12.5. The topological polar surface area (TPSA) is 42.4 Å². The molecule has 0 saturated heterocycles. The first kappa shape index (κ1) is 14.3. The van der Waals surface area contributed by atoms with E-state index >= 15 is 0 Å². The van der Waals surface area contributed by atoms with Crippen LogP contribution in [-0.4, -0.2) is 30.6 Å². The number of hydrogen-bond donors (Lipinski definition) is 0. The Morgan fingerprint density at radius 2 is 2.32 bits per heavy atom. The molecular weight excluding hydrogens is 260 g/mol. The van der Waals surface area contributed by atoms with Crippen LogP contribution in [-0.2, 0) is 16.0 Å². The fourth-order valence-electron chi connectivity index (χ4n) is 2.03. The van der Waals surface area contributed by atoms with E-state index in [4.69, 9.17) is 4.74 Å². The summed E-state index contributed by atoms with van der Waals surface area (Å²) in [5.74, 6) is 0.660. The summed E-state index contributed by atoms with van der Waals surface area (Å²) < 4.78 is 4.95. The number of aromatic nitrogens is 1. The summed E-state index contributed by atoms with van der Waals surface area (Å²) in [6.45, 7) is 6.60. The molecule has 2 rings (SSSR count). The Hall–Kier alpha value is -1.10. The van der Waals surface area contributed by atoms with E-state index in [2.05, 4.69) is 16.8 Å². The molecule has 1 heterocycles. The van der Waals surface area contributed by atoms with Crippen molar-refractivity contribution in [2.45, 2.75) is 39.5 Å². The van der Waals surface area contributed by atoms with E-state index in [1.807, 2.05) is 12.3 Å². The number of rotatable bonds is 8. The molecule has 4 nitrogen and oxygen atoms in total. The molecule has 1 aromatic rings. The van der Waals surface area contributed by atoms with Crippen molar-refractivity contribution in [3.63, 3.8) is 0 Å². The molecule has 0 unspecified atom stereocenters. The van der Waals surface area contributed by atoms with Gasteiger partial charge in [-0.2, -0.15) is 0 Å². The molecule has 19 heavy (non-hydrogen) atoms. The number of carbonyl (C=O) groups is 1. The summed E-state index contributed by atoms with van der Waals surface area (Å²) in [7, 11) is 0. The Morgan fingerprint density at radius 1 is 1.53 bits per heavy atom. The molecule has 0 amide bonds. The Kier molecular flexibility index (Phi) is 5.19.